The second-order valence-electron chi connectivity index (χ2n) is 3.34. The van der Waals surface area contributed by atoms with Crippen LogP contribution in [-0.4, -0.2) is 37.1 Å². The topological polar surface area (TPSA) is 15.3 Å². The van der Waals surface area contributed by atoms with Crippen LogP contribution < -0.4 is 5.32 Å². The molecule has 0 aromatic rings. The first-order valence-electron chi connectivity index (χ1n) is 4.67. The zero-order valence-corrected chi connectivity index (χ0v) is 9.41. The van der Waals surface area contributed by atoms with Gasteiger partial charge in [0.25, 0.3) is 0 Å². The van der Waals surface area contributed by atoms with E-state index >= 15 is 0 Å². The van der Waals surface area contributed by atoms with Crippen molar-refractivity contribution in [2.24, 2.45) is 0 Å². The fraction of sp³-hybridized carbons (Fsp3) is 0.778. The zero-order valence-electron chi connectivity index (χ0n) is 7.89. The summed E-state index contributed by atoms with van der Waals surface area (Å²) in [6.45, 7) is 6.20. The molecule has 1 fully saturated rings. The van der Waals surface area contributed by atoms with Crippen molar-refractivity contribution >= 4 is 23.2 Å². The molecule has 4 heteroatoms. The van der Waals surface area contributed by atoms with Crippen LogP contribution in [0.4, 0.5) is 0 Å². The van der Waals surface area contributed by atoms with Gasteiger partial charge in [-0.3, -0.25) is 4.90 Å². The molecule has 0 radical (unpaired) electrons. The molecule has 0 aliphatic carbocycles. The minimum atomic E-state index is 0.644. The Morgan fingerprint density at radius 3 is 2.69 bits per heavy atom. The Balaban J connectivity index is 2.36. The van der Waals surface area contributed by atoms with Crippen LogP contribution in [0, 0.1) is 0 Å². The van der Waals surface area contributed by atoms with E-state index < -0.39 is 0 Å². The molecule has 0 bridgehead atoms. The van der Waals surface area contributed by atoms with Crippen LogP contribution in [-0.2, 0) is 0 Å². The molecule has 1 N–H and O–H groups in total. The van der Waals surface area contributed by atoms with Crippen molar-refractivity contribution in [2.45, 2.75) is 19.4 Å². The summed E-state index contributed by atoms with van der Waals surface area (Å²) in [6.07, 6.45) is 1.16. The highest BCUT2D eigenvalue weighted by atomic mass is 35.5. The molecule has 0 saturated carbocycles. The Morgan fingerprint density at radius 1 is 1.62 bits per heavy atom. The van der Waals surface area contributed by atoms with Crippen molar-refractivity contribution < 1.29 is 0 Å². The molecule has 0 spiro atoms. The van der Waals surface area contributed by atoms with Crippen LogP contribution >= 0.6 is 23.2 Å². The highest BCUT2D eigenvalue weighted by molar-refractivity contribution is 6.36. The number of nitrogens with zero attached hydrogens (tertiary/aromatic N) is 1. The van der Waals surface area contributed by atoms with Crippen molar-refractivity contribution in [3.63, 3.8) is 0 Å². The molecule has 0 amide bonds. The molecule has 1 rings (SSSR count). The Kier molecular flexibility index (Phi) is 5.10. The van der Waals surface area contributed by atoms with Gasteiger partial charge in [0, 0.05) is 36.2 Å². The molecule has 1 aliphatic rings. The highest BCUT2D eigenvalue weighted by Gasteiger charge is 2.23. The summed E-state index contributed by atoms with van der Waals surface area (Å²) in [5, 5.41) is 3.98. The van der Waals surface area contributed by atoms with Crippen LogP contribution in [0.3, 0.4) is 0 Å². The first-order valence-corrected chi connectivity index (χ1v) is 5.49. The molecule has 2 nitrogen and oxygen atoms in total. The summed E-state index contributed by atoms with van der Waals surface area (Å²) >= 11 is 11.4. The minimum Gasteiger partial charge on any atom is -0.314 e. The molecule has 76 valence electrons. The summed E-state index contributed by atoms with van der Waals surface area (Å²) in [5.74, 6) is 0. The van der Waals surface area contributed by atoms with E-state index in [1.807, 2.05) is 0 Å². The van der Waals surface area contributed by atoms with Crippen molar-refractivity contribution in [3.8, 4) is 0 Å². The number of rotatable bonds is 5. The van der Waals surface area contributed by atoms with E-state index in [9.17, 15) is 0 Å². The molecule has 0 aromatic heterocycles. The summed E-state index contributed by atoms with van der Waals surface area (Å²) in [5.41, 5.74) is 1.45. The standard InChI is InChI=1S/C9H16Cl2N2/c1-2-3-13(7-8(11)4-10)9-5-12-6-9/h4,9,12H,2-3,5-7H2,1H3. The molecular formula is C9H16Cl2N2. The van der Waals surface area contributed by atoms with E-state index in [1.54, 1.807) is 0 Å². The Labute approximate surface area is 89.9 Å². The van der Waals surface area contributed by atoms with Gasteiger partial charge in [0.15, 0.2) is 0 Å². The third-order valence-electron chi connectivity index (χ3n) is 2.26. The quantitative estimate of drug-likeness (QED) is 0.766. The molecule has 1 aliphatic heterocycles. The van der Waals surface area contributed by atoms with E-state index in [0.717, 1.165) is 37.6 Å². The summed E-state index contributed by atoms with van der Waals surface area (Å²) in [7, 11) is 0. The lowest BCUT2D eigenvalue weighted by molar-refractivity contribution is 0.160. The van der Waals surface area contributed by atoms with Crippen LogP contribution in [0.5, 0.6) is 0 Å². The predicted molar refractivity (Wildman–Crippen MR) is 58.3 cm³/mol. The van der Waals surface area contributed by atoms with Gasteiger partial charge in [0.1, 0.15) is 0 Å². The van der Waals surface area contributed by atoms with Crippen LogP contribution in [0.2, 0.25) is 0 Å². The second-order valence-corrected chi connectivity index (χ2v) is 4.04. The van der Waals surface area contributed by atoms with E-state index in [0.29, 0.717) is 6.04 Å². The largest absolute Gasteiger partial charge is 0.314 e. The number of hydrogen-bond donors (Lipinski definition) is 1. The normalized spacial score (nSPS) is 19.2. The van der Waals surface area contributed by atoms with Gasteiger partial charge in [0.05, 0.1) is 0 Å². The first-order chi connectivity index (χ1) is 6.27. The Bertz CT molecular complexity index is 178. The SMILES string of the molecule is CCCN(CC(Cl)=CCl)C1CNC1. The Morgan fingerprint density at radius 2 is 2.31 bits per heavy atom. The second kappa shape index (κ2) is 5.86. The summed E-state index contributed by atoms with van der Waals surface area (Å²) < 4.78 is 0. The lowest BCUT2D eigenvalue weighted by Crippen LogP contribution is -2.57. The van der Waals surface area contributed by atoms with Crippen molar-refractivity contribution in [1.29, 1.82) is 0 Å². The summed E-state index contributed by atoms with van der Waals surface area (Å²) in [4.78, 5) is 2.37. The van der Waals surface area contributed by atoms with Gasteiger partial charge >= 0.3 is 0 Å². The van der Waals surface area contributed by atoms with Gasteiger partial charge in [-0.25, -0.2) is 0 Å². The molecule has 1 heterocycles. The van der Waals surface area contributed by atoms with Gasteiger partial charge in [-0.1, -0.05) is 30.1 Å². The van der Waals surface area contributed by atoms with E-state index in [4.69, 9.17) is 23.2 Å². The molecule has 1 saturated heterocycles. The maximum atomic E-state index is 5.89. The lowest BCUT2D eigenvalue weighted by Gasteiger charge is -2.38. The minimum absolute atomic E-state index is 0.644. The van der Waals surface area contributed by atoms with Crippen molar-refractivity contribution in [3.05, 3.63) is 10.6 Å². The van der Waals surface area contributed by atoms with Crippen LogP contribution in [0.25, 0.3) is 0 Å². The highest BCUT2D eigenvalue weighted by Crippen LogP contribution is 2.12. The van der Waals surface area contributed by atoms with E-state index in [-0.39, 0.29) is 0 Å². The van der Waals surface area contributed by atoms with Gasteiger partial charge in [-0.15, -0.1) is 0 Å². The maximum Gasteiger partial charge on any atom is 0.0434 e. The maximum absolute atomic E-state index is 5.89. The van der Waals surface area contributed by atoms with Gasteiger partial charge < -0.3 is 5.32 Å². The van der Waals surface area contributed by atoms with Crippen molar-refractivity contribution in [1.82, 2.24) is 10.2 Å². The zero-order chi connectivity index (χ0) is 9.68. The average Bonchev–Trinajstić information content (AvgIpc) is 2.01. The van der Waals surface area contributed by atoms with Crippen LogP contribution in [0.1, 0.15) is 13.3 Å². The molecule has 0 unspecified atom stereocenters. The first kappa shape index (κ1) is 11.3. The fourth-order valence-electron chi connectivity index (χ4n) is 1.44. The third-order valence-corrected chi connectivity index (χ3v) is 2.86. The van der Waals surface area contributed by atoms with Gasteiger partial charge in [-0.05, 0) is 13.0 Å². The van der Waals surface area contributed by atoms with Gasteiger partial charge in [-0.2, -0.15) is 0 Å². The lowest BCUT2D eigenvalue weighted by atomic mass is 10.1. The predicted octanol–water partition coefficient (Wildman–Crippen LogP) is 1.99. The molecule has 0 aromatic carbocycles. The van der Waals surface area contributed by atoms with Crippen molar-refractivity contribution in [2.75, 3.05) is 26.2 Å². The average molecular weight is 223 g/mol. The smallest absolute Gasteiger partial charge is 0.0434 e. The van der Waals surface area contributed by atoms with E-state index in [2.05, 4.69) is 17.1 Å². The Hall–Kier alpha value is 0.240. The number of halogens is 2. The molecule has 0 atom stereocenters. The third kappa shape index (κ3) is 3.47. The van der Waals surface area contributed by atoms with E-state index in [1.165, 1.54) is 5.54 Å². The fourth-order valence-corrected chi connectivity index (χ4v) is 1.66. The molecule has 13 heavy (non-hydrogen) atoms. The molecular weight excluding hydrogens is 207 g/mol. The van der Waals surface area contributed by atoms with Gasteiger partial charge in [0.2, 0.25) is 0 Å². The number of hydrogen-bond acceptors (Lipinski definition) is 2. The van der Waals surface area contributed by atoms with Crippen LogP contribution in [0.15, 0.2) is 10.6 Å². The summed E-state index contributed by atoms with van der Waals surface area (Å²) in [6, 6.07) is 0.644. The number of nitrogens with one attached hydrogen (secondary N) is 1. The monoisotopic (exact) mass is 222 g/mol.